The molecule has 0 fully saturated rings. The highest BCUT2D eigenvalue weighted by atomic mass is 14.7. The Bertz CT molecular complexity index is 675. The van der Waals surface area contributed by atoms with E-state index in [0.717, 1.165) is 0 Å². The molecular weight excluding hydrogens is 238 g/mol. The van der Waals surface area contributed by atoms with Crippen molar-refractivity contribution in [3.05, 3.63) is 35.7 Å². The highest BCUT2D eigenvalue weighted by Gasteiger charge is 2.58. The van der Waals surface area contributed by atoms with Crippen LogP contribution in [0.25, 0.3) is 6.08 Å². The first-order chi connectivity index (χ1) is 8.69. The second kappa shape index (κ2) is 4.61. The predicted molar refractivity (Wildman–Crippen MR) is 66.6 cm³/mol. The minimum atomic E-state index is -1.90. The minimum Gasteiger partial charge on any atom is -0.258 e. The largest absolute Gasteiger partial charge is 0.258 e. The molecule has 2 rings (SSSR count). The van der Waals surface area contributed by atoms with Crippen LogP contribution in [-0.4, -0.2) is 4.98 Å². The third kappa shape index (κ3) is 1.47. The van der Waals surface area contributed by atoms with Crippen molar-refractivity contribution in [3.8, 4) is 24.3 Å². The molecule has 19 heavy (non-hydrogen) atoms. The van der Waals surface area contributed by atoms with Crippen molar-refractivity contribution in [2.24, 2.45) is 5.41 Å². The summed E-state index contributed by atoms with van der Waals surface area (Å²) in [6.07, 6.45) is 4.27. The molecule has 5 nitrogen and oxygen atoms in total. The van der Waals surface area contributed by atoms with Gasteiger partial charge in [-0.1, -0.05) is 19.6 Å². The Hall–Kier alpha value is -3.15. The molecule has 5 heteroatoms. The van der Waals surface area contributed by atoms with Gasteiger partial charge < -0.3 is 0 Å². The molecule has 0 aliphatic heterocycles. The molecule has 0 spiro atoms. The Morgan fingerprint density at radius 2 is 1.63 bits per heavy atom. The van der Waals surface area contributed by atoms with Crippen molar-refractivity contribution in [1.29, 1.82) is 21.0 Å². The summed E-state index contributed by atoms with van der Waals surface area (Å²) in [5.41, 5.74) is -3.01. The number of nitriles is 4. The zero-order chi connectivity index (χ0) is 13.2. The van der Waals surface area contributed by atoms with Gasteiger partial charge in [-0.05, 0) is 17.7 Å². The minimum absolute atomic E-state index is 0. The Morgan fingerprint density at radius 3 is 2.16 bits per heavy atom. The second-order valence-corrected chi connectivity index (χ2v) is 3.78. The van der Waals surface area contributed by atoms with Crippen LogP contribution in [-0.2, 0) is 5.41 Å². The molecule has 1 aromatic rings. The van der Waals surface area contributed by atoms with E-state index in [1.807, 2.05) is 0 Å². The van der Waals surface area contributed by atoms with Gasteiger partial charge in [0.2, 0.25) is 5.41 Å². The van der Waals surface area contributed by atoms with Crippen LogP contribution in [0.5, 0.6) is 0 Å². The summed E-state index contributed by atoms with van der Waals surface area (Å²) in [6, 6.07) is 10.5. The topological polar surface area (TPSA) is 108 Å². The van der Waals surface area contributed by atoms with Crippen LogP contribution >= 0.6 is 0 Å². The zero-order valence-electron chi connectivity index (χ0n) is 9.12. The third-order valence-corrected chi connectivity index (χ3v) is 2.99. The quantitative estimate of drug-likeness (QED) is 0.697. The van der Waals surface area contributed by atoms with Crippen LogP contribution < -0.4 is 0 Å². The number of fused-ring (bicyclic) bond motifs is 1. The third-order valence-electron chi connectivity index (χ3n) is 2.99. The van der Waals surface area contributed by atoms with Crippen LogP contribution in [0.1, 0.15) is 18.7 Å². The van der Waals surface area contributed by atoms with E-state index in [1.165, 1.54) is 12.3 Å². The smallest absolute Gasteiger partial charge is 0.220 e. The van der Waals surface area contributed by atoms with Gasteiger partial charge in [-0.15, -0.1) is 0 Å². The second-order valence-electron chi connectivity index (χ2n) is 3.78. The molecular formula is C14H9N5. The first kappa shape index (κ1) is 13.9. The number of hydrogen-bond acceptors (Lipinski definition) is 5. The van der Waals surface area contributed by atoms with E-state index in [9.17, 15) is 21.0 Å². The normalized spacial score (nSPS) is 16.4. The maximum Gasteiger partial charge on any atom is 0.220 e. The van der Waals surface area contributed by atoms with Gasteiger partial charge in [0.1, 0.15) is 0 Å². The van der Waals surface area contributed by atoms with Gasteiger partial charge in [-0.2, -0.15) is 21.0 Å². The summed E-state index contributed by atoms with van der Waals surface area (Å²) in [7, 11) is 0. The summed E-state index contributed by atoms with van der Waals surface area (Å²) < 4.78 is 0. The van der Waals surface area contributed by atoms with Crippen molar-refractivity contribution in [3.63, 3.8) is 0 Å². The van der Waals surface area contributed by atoms with Crippen LogP contribution in [0.3, 0.4) is 0 Å². The van der Waals surface area contributed by atoms with Crippen molar-refractivity contribution >= 4 is 6.08 Å². The van der Waals surface area contributed by atoms with Crippen LogP contribution in [0.2, 0.25) is 0 Å². The fourth-order valence-corrected chi connectivity index (χ4v) is 1.97. The average molecular weight is 247 g/mol. The molecule has 0 unspecified atom stereocenters. The molecule has 0 saturated heterocycles. The molecule has 0 bridgehead atoms. The van der Waals surface area contributed by atoms with Gasteiger partial charge in [0.25, 0.3) is 0 Å². The van der Waals surface area contributed by atoms with Crippen LogP contribution in [0.4, 0.5) is 0 Å². The standard InChI is InChI=1S/C13H5N5.CH4/c14-6-12(7-15)4-3-10-2-1-5-18-11(10)13(12,8-16)9-17;/h1-5H;1H4. The monoisotopic (exact) mass is 247 g/mol. The summed E-state index contributed by atoms with van der Waals surface area (Å²) in [4.78, 5) is 4.01. The molecule has 0 atom stereocenters. The fourth-order valence-electron chi connectivity index (χ4n) is 1.97. The molecule has 1 heterocycles. The summed E-state index contributed by atoms with van der Waals surface area (Å²) in [5, 5.41) is 37.1. The fraction of sp³-hybridized carbons (Fsp3) is 0.214. The molecule has 0 N–H and O–H groups in total. The van der Waals surface area contributed by atoms with Gasteiger partial charge in [-0.3, -0.25) is 4.98 Å². The summed E-state index contributed by atoms with van der Waals surface area (Å²) in [5.74, 6) is 0. The molecule has 0 radical (unpaired) electrons. The van der Waals surface area contributed by atoms with E-state index in [1.54, 1.807) is 42.5 Å². The number of hydrogen-bond donors (Lipinski definition) is 0. The summed E-state index contributed by atoms with van der Waals surface area (Å²) in [6.45, 7) is 0. The van der Waals surface area contributed by atoms with E-state index < -0.39 is 10.8 Å². The molecule has 1 aliphatic rings. The lowest BCUT2D eigenvalue weighted by molar-refractivity contribution is 0.473. The molecule has 1 aliphatic carbocycles. The lowest BCUT2D eigenvalue weighted by atomic mass is 9.61. The Morgan fingerprint density at radius 1 is 1.00 bits per heavy atom. The Labute approximate surface area is 111 Å². The molecule has 90 valence electrons. The van der Waals surface area contributed by atoms with Crippen molar-refractivity contribution in [1.82, 2.24) is 4.98 Å². The highest BCUT2D eigenvalue weighted by Crippen LogP contribution is 2.46. The van der Waals surface area contributed by atoms with Crippen LogP contribution in [0, 0.1) is 50.7 Å². The maximum absolute atomic E-state index is 9.34. The van der Waals surface area contributed by atoms with E-state index in [-0.39, 0.29) is 13.1 Å². The van der Waals surface area contributed by atoms with Crippen LogP contribution in [0.15, 0.2) is 24.4 Å². The number of aromatic nitrogens is 1. The van der Waals surface area contributed by atoms with Crippen molar-refractivity contribution in [2.75, 3.05) is 0 Å². The molecule has 1 aromatic heterocycles. The highest BCUT2D eigenvalue weighted by molar-refractivity contribution is 5.68. The zero-order valence-corrected chi connectivity index (χ0v) is 9.12. The summed E-state index contributed by atoms with van der Waals surface area (Å²) >= 11 is 0. The number of allylic oxidation sites excluding steroid dienone is 1. The number of pyridine rings is 1. The average Bonchev–Trinajstić information content (AvgIpc) is 2.46. The van der Waals surface area contributed by atoms with Gasteiger partial charge in [0.05, 0.1) is 30.0 Å². The van der Waals surface area contributed by atoms with E-state index in [2.05, 4.69) is 4.98 Å². The van der Waals surface area contributed by atoms with Crippen molar-refractivity contribution in [2.45, 2.75) is 12.8 Å². The van der Waals surface area contributed by atoms with Crippen molar-refractivity contribution < 1.29 is 0 Å². The van der Waals surface area contributed by atoms with E-state index in [0.29, 0.717) is 5.56 Å². The SMILES string of the molecule is C.N#CC1(C#N)C=Cc2cccnc2C1(C#N)C#N. The van der Waals surface area contributed by atoms with E-state index in [4.69, 9.17) is 0 Å². The number of nitrogens with zero attached hydrogens (tertiary/aromatic N) is 5. The first-order valence-corrected chi connectivity index (χ1v) is 4.99. The Balaban J connectivity index is 0.00000180. The predicted octanol–water partition coefficient (Wildman–Crippen LogP) is 2.06. The first-order valence-electron chi connectivity index (χ1n) is 4.99. The van der Waals surface area contributed by atoms with Gasteiger partial charge >= 0.3 is 0 Å². The van der Waals surface area contributed by atoms with Gasteiger partial charge in [0.15, 0.2) is 5.41 Å². The molecule has 0 saturated carbocycles. The number of rotatable bonds is 0. The lowest BCUT2D eigenvalue weighted by Gasteiger charge is -2.31. The molecule has 0 aromatic carbocycles. The Kier molecular flexibility index (Phi) is 3.38. The molecule has 0 amide bonds. The lowest BCUT2D eigenvalue weighted by Crippen LogP contribution is -2.43. The van der Waals surface area contributed by atoms with Gasteiger partial charge in [0, 0.05) is 6.20 Å². The van der Waals surface area contributed by atoms with E-state index >= 15 is 0 Å². The maximum atomic E-state index is 9.34. The van der Waals surface area contributed by atoms with Gasteiger partial charge in [-0.25, -0.2) is 0 Å².